The van der Waals surface area contributed by atoms with Crippen molar-refractivity contribution in [1.29, 1.82) is 5.26 Å². The van der Waals surface area contributed by atoms with Crippen molar-refractivity contribution in [2.24, 2.45) is 0 Å². The molecular weight excluding hydrogens is 191 g/mol. The van der Waals surface area contributed by atoms with Crippen LogP contribution in [0.4, 0.5) is 4.39 Å². The summed E-state index contributed by atoms with van der Waals surface area (Å²) in [6.07, 6.45) is 0. The highest BCUT2D eigenvalue weighted by molar-refractivity contribution is 7.12. The summed E-state index contributed by atoms with van der Waals surface area (Å²) in [4.78, 5) is 11.6. The van der Waals surface area contributed by atoms with E-state index in [9.17, 15) is 9.18 Å². The van der Waals surface area contributed by atoms with Gasteiger partial charge in [-0.2, -0.15) is 5.26 Å². The molecule has 0 aliphatic heterocycles. The quantitative estimate of drug-likeness (QED) is 0.796. The smallest absolute Gasteiger partial charge is 0.261 e. The molecule has 13 heavy (non-hydrogen) atoms. The molecule has 0 atom stereocenters. The normalized spacial score (nSPS) is 9.23. The number of nitrogens with one attached hydrogen (secondary N) is 1. The average molecular weight is 198 g/mol. The Hall–Kier alpha value is -1.41. The summed E-state index contributed by atoms with van der Waals surface area (Å²) < 4.78 is 11.7. The van der Waals surface area contributed by atoms with E-state index in [2.05, 4.69) is 5.32 Å². The number of hydrogen-bond acceptors (Lipinski definition) is 3. The summed E-state index contributed by atoms with van der Waals surface area (Å²) in [5, 5.41) is 12.4. The van der Waals surface area contributed by atoms with Crippen LogP contribution in [-0.4, -0.2) is 19.1 Å². The maximum absolute atomic E-state index is 11.7. The van der Waals surface area contributed by atoms with Crippen molar-refractivity contribution in [1.82, 2.24) is 5.32 Å². The number of amides is 1. The van der Waals surface area contributed by atoms with Crippen LogP contribution in [0.25, 0.3) is 0 Å². The van der Waals surface area contributed by atoms with Gasteiger partial charge < -0.3 is 5.32 Å². The molecule has 0 saturated heterocycles. The molecule has 1 heterocycles. The molecule has 0 aliphatic rings. The van der Waals surface area contributed by atoms with Gasteiger partial charge in [0.2, 0.25) is 0 Å². The highest BCUT2D eigenvalue weighted by atomic mass is 32.1. The second kappa shape index (κ2) is 4.58. The molecule has 1 aromatic heterocycles. The first-order valence-electron chi connectivity index (χ1n) is 3.60. The highest BCUT2D eigenvalue weighted by Crippen LogP contribution is 2.13. The van der Waals surface area contributed by atoms with Gasteiger partial charge in [-0.25, -0.2) is 4.39 Å². The Morgan fingerprint density at radius 2 is 2.54 bits per heavy atom. The summed E-state index contributed by atoms with van der Waals surface area (Å²) in [5.41, 5.74) is 0.454. The highest BCUT2D eigenvalue weighted by Gasteiger charge is 2.07. The molecule has 5 heteroatoms. The third-order valence-corrected chi connectivity index (χ3v) is 2.26. The number of rotatable bonds is 3. The fraction of sp³-hybridized carbons (Fsp3) is 0.250. The Morgan fingerprint density at radius 3 is 3.08 bits per heavy atom. The largest absolute Gasteiger partial charge is 0.349 e. The molecule has 68 valence electrons. The van der Waals surface area contributed by atoms with Crippen molar-refractivity contribution in [2.45, 2.75) is 0 Å². The zero-order chi connectivity index (χ0) is 9.68. The van der Waals surface area contributed by atoms with Gasteiger partial charge in [-0.3, -0.25) is 4.79 Å². The lowest BCUT2D eigenvalue weighted by Gasteiger charge is -1.97. The first-order valence-corrected chi connectivity index (χ1v) is 4.48. The monoisotopic (exact) mass is 198 g/mol. The minimum Gasteiger partial charge on any atom is -0.349 e. The summed E-state index contributed by atoms with van der Waals surface area (Å²) >= 11 is 1.18. The topological polar surface area (TPSA) is 52.9 Å². The number of nitrogens with zero attached hydrogens (tertiary/aromatic N) is 1. The van der Waals surface area contributed by atoms with Crippen molar-refractivity contribution >= 4 is 17.2 Å². The van der Waals surface area contributed by atoms with Crippen molar-refractivity contribution in [3.05, 3.63) is 21.9 Å². The van der Waals surface area contributed by atoms with Crippen LogP contribution in [0.3, 0.4) is 0 Å². The molecule has 0 aromatic carbocycles. The summed E-state index contributed by atoms with van der Waals surface area (Å²) in [7, 11) is 0. The van der Waals surface area contributed by atoms with Crippen molar-refractivity contribution < 1.29 is 9.18 Å². The molecule has 1 amide bonds. The number of thiophene rings is 1. The lowest BCUT2D eigenvalue weighted by atomic mass is 10.3. The Bertz CT molecular complexity index is 342. The summed E-state index contributed by atoms with van der Waals surface area (Å²) in [5.74, 6) is -0.329. The molecule has 1 aromatic rings. The lowest BCUT2D eigenvalue weighted by Crippen LogP contribution is -2.24. The Morgan fingerprint density at radius 1 is 1.77 bits per heavy atom. The van der Waals surface area contributed by atoms with Crippen LogP contribution in [0.5, 0.6) is 0 Å². The average Bonchev–Trinajstić information content (AvgIpc) is 2.62. The molecule has 0 saturated carbocycles. The van der Waals surface area contributed by atoms with Crippen LogP contribution in [0.2, 0.25) is 0 Å². The van der Waals surface area contributed by atoms with E-state index in [0.29, 0.717) is 10.4 Å². The van der Waals surface area contributed by atoms with E-state index in [1.807, 2.05) is 6.07 Å². The number of carbonyl (C=O) groups excluding carboxylic acids is 1. The molecule has 0 spiro atoms. The lowest BCUT2D eigenvalue weighted by molar-refractivity contribution is 0.0955. The predicted molar refractivity (Wildman–Crippen MR) is 47.3 cm³/mol. The Balaban J connectivity index is 2.62. The van der Waals surface area contributed by atoms with E-state index in [4.69, 9.17) is 5.26 Å². The van der Waals surface area contributed by atoms with Gasteiger partial charge in [0.15, 0.2) is 0 Å². The molecule has 0 aliphatic carbocycles. The van der Waals surface area contributed by atoms with Crippen molar-refractivity contribution in [3.8, 4) is 6.07 Å². The van der Waals surface area contributed by atoms with Gasteiger partial charge >= 0.3 is 0 Å². The number of nitriles is 1. The van der Waals surface area contributed by atoms with E-state index >= 15 is 0 Å². The molecular formula is C8H7FN2OS. The van der Waals surface area contributed by atoms with Crippen LogP contribution in [0, 0.1) is 11.3 Å². The van der Waals surface area contributed by atoms with Crippen LogP contribution in [-0.2, 0) is 0 Å². The van der Waals surface area contributed by atoms with Gasteiger partial charge in [0.1, 0.15) is 12.7 Å². The molecule has 1 N–H and O–H groups in total. The zero-order valence-corrected chi connectivity index (χ0v) is 7.53. The van der Waals surface area contributed by atoms with E-state index in [-0.39, 0.29) is 12.5 Å². The van der Waals surface area contributed by atoms with Gasteiger partial charge in [0, 0.05) is 11.9 Å². The second-order valence-corrected chi connectivity index (χ2v) is 3.17. The third kappa shape index (κ3) is 2.53. The van der Waals surface area contributed by atoms with Gasteiger partial charge in [-0.15, -0.1) is 11.3 Å². The van der Waals surface area contributed by atoms with Crippen LogP contribution in [0.1, 0.15) is 15.2 Å². The third-order valence-electron chi connectivity index (χ3n) is 1.33. The first-order chi connectivity index (χ1) is 6.27. The SMILES string of the molecule is N#Cc1csc(C(=O)NCCF)c1. The van der Waals surface area contributed by atoms with E-state index in [0.717, 1.165) is 0 Å². The van der Waals surface area contributed by atoms with Gasteiger partial charge in [0.25, 0.3) is 5.91 Å². The van der Waals surface area contributed by atoms with Gasteiger partial charge in [0.05, 0.1) is 10.4 Å². The van der Waals surface area contributed by atoms with Crippen LogP contribution in [0.15, 0.2) is 11.4 Å². The fourth-order valence-corrected chi connectivity index (χ4v) is 1.51. The first kappa shape index (κ1) is 9.68. The predicted octanol–water partition coefficient (Wildman–Crippen LogP) is 1.32. The second-order valence-electron chi connectivity index (χ2n) is 2.26. The number of carbonyl (C=O) groups is 1. The molecule has 0 radical (unpaired) electrons. The molecule has 1 rings (SSSR count). The number of alkyl halides is 1. The van der Waals surface area contributed by atoms with E-state index in [1.54, 1.807) is 5.38 Å². The number of halogens is 1. The van der Waals surface area contributed by atoms with Crippen LogP contribution >= 0.6 is 11.3 Å². The molecule has 0 unspecified atom stereocenters. The van der Waals surface area contributed by atoms with Gasteiger partial charge in [-0.05, 0) is 6.07 Å². The molecule has 3 nitrogen and oxygen atoms in total. The van der Waals surface area contributed by atoms with E-state index < -0.39 is 6.67 Å². The molecule has 0 fully saturated rings. The number of hydrogen-bond donors (Lipinski definition) is 1. The Kier molecular flexibility index (Phi) is 3.41. The Labute approximate surface area is 78.8 Å². The summed E-state index contributed by atoms with van der Waals surface area (Å²) in [6, 6.07) is 3.40. The minimum atomic E-state index is -0.581. The molecule has 0 bridgehead atoms. The van der Waals surface area contributed by atoms with E-state index in [1.165, 1.54) is 17.4 Å². The van der Waals surface area contributed by atoms with Crippen molar-refractivity contribution in [2.75, 3.05) is 13.2 Å². The maximum atomic E-state index is 11.7. The summed E-state index contributed by atoms with van der Waals surface area (Å²) in [6.45, 7) is -0.569. The van der Waals surface area contributed by atoms with Crippen LogP contribution < -0.4 is 5.32 Å². The standard InChI is InChI=1S/C8H7FN2OS/c9-1-2-11-8(12)7-3-6(4-10)5-13-7/h3,5H,1-2H2,(H,11,12). The maximum Gasteiger partial charge on any atom is 0.261 e. The minimum absolute atomic E-state index is 0.0125. The zero-order valence-electron chi connectivity index (χ0n) is 6.71. The van der Waals surface area contributed by atoms with Crippen molar-refractivity contribution in [3.63, 3.8) is 0 Å². The van der Waals surface area contributed by atoms with Gasteiger partial charge in [-0.1, -0.05) is 0 Å². The fourth-order valence-electron chi connectivity index (χ4n) is 0.762.